The molecule has 1 aromatic rings. The van der Waals surface area contributed by atoms with Crippen molar-refractivity contribution in [2.75, 3.05) is 0 Å². The Balaban J connectivity index is 2.95. The second kappa shape index (κ2) is 6.65. The van der Waals surface area contributed by atoms with E-state index >= 15 is 0 Å². The summed E-state index contributed by atoms with van der Waals surface area (Å²) in [6, 6.07) is 0.145. The number of aliphatic carboxylic acids is 1. The maximum absolute atomic E-state index is 13.5. The molecule has 0 fully saturated rings. The Kier molecular flexibility index (Phi) is 5.44. The molecule has 1 rings (SSSR count). The third-order valence-corrected chi connectivity index (χ3v) is 2.85. The van der Waals surface area contributed by atoms with Gasteiger partial charge < -0.3 is 10.4 Å². The van der Waals surface area contributed by atoms with Crippen LogP contribution in [0.15, 0.2) is 12.1 Å². The Morgan fingerprint density at radius 2 is 1.90 bits per heavy atom. The van der Waals surface area contributed by atoms with Crippen LogP contribution in [0.25, 0.3) is 0 Å². The Labute approximate surface area is 119 Å². The van der Waals surface area contributed by atoms with Gasteiger partial charge in [-0.3, -0.25) is 4.79 Å². The van der Waals surface area contributed by atoms with Crippen molar-refractivity contribution in [3.05, 3.63) is 34.4 Å². The van der Waals surface area contributed by atoms with E-state index in [-0.39, 0.29) is 12.3 Å². The van der Waals surface area contributed by atoms with Crippen LogP contribution in [0.3, 0.4) is 0 Å². The van der Waals surface area contributed by atoms with Crippen molar-refractivity contribution in [2.24, 2.45) is 5.92 Å². The first-order valence-corrected chi connectivity index (χ1v) is 6.28. The van der Waals surface area contributed by atoms with Crippen LogP contribution in [0.1, 0.15) is 30.6 Å². The molecule has 1 aromatic carbocycles. The van der Waals surface area contributed by atoms with Crippen molar-refractivity contribution in [1.29, 1.82) is 0 Å². The Morgan fingerprint density at radius 1 is 1.30 bits per heavy atom. The highest BCUT2D eigenvalue weighted by Crippen LogP contribution is 2.19. The van der Waals surface area contributed by atoms with E-state index in [9.17, 15) is 18.4 Å². The van der Waals surface area contributed by atoms with Crippen LogP contribution in [-0.2, 0) is 4.79 Å². The number of nitrogens with one attached hydrogen (secondary N) is 1. The minimum atomic E-state index is -1.23. The molecular weight excluding hydrogens is 292 g/mol. The van der Waals surface area contributed by atoms with E-state index in [1.165, 1.54) is 0 Å². The number of benzene rings is 1. The molecule has 0 saturated carbocycles. The predicted molar refractivity (Wildman–Crippen MR) is 69.7 cm³/mol. The monoisotopic (exact) mass is 305 g/mol. The fourth-order valence-corrected chi connectivity index (χ4v) is 1.78. The number of carboxylic acid groups (broad SMARTS) is 1. The average molecular weight is 306 g/mol. The molecule has 0 aliphatic rings. The maximum Gasteiger partial charge on any atom is 0.326 e. The normalized spacial score (nSPS) is 12.3. The van der Waals surface area contributed by atoms with Crippen LogP contribution in [-0.4, -0.2) is 23.0 Å². The van der Waals surface area contributed by atoms with Crippen molar-refractivity contribution in [2.45, 2.75) is 26.3 Å². The molecule has 4 nitrogen and oxygen atoms in total. The van der Waals surface area contributed by atoms with Crippen LogP contribution in [0.5, 0.6) is 0 Å². The van der Waals surface area contributed by atoms with Gasteiger partial charge in [0.15, 0.2) is 0 Å². The quantitative estimate of drug-likeness (QED) is 0.822. The largest absolute Gasteiger partial charge is 0.480 e. The minimum absolute atomic E-state index is 0.0169. The third kappa shape index (κ3) is 4.16. The zero-order chi connectivity index (χ0) is 15.4. The first kappa shape index (κ1) is 16.4. The van der Waals surface area contributed by atoms with E-state index in [0.717, 1.165) is 0 Å². The van der Waals surface area contributed by atoms with Gasteiger partial charge in [0.1, 0.15) is 17.7 Å². The van der Waals surface area contributed by atoms with Crippen LogP contribution >= 0.6 is 11.6 Å². The molecule has 2 N–H and O–H groups in total. The van der Waals surface area contributed by atoms with E-state index in [1.807, 2.05) is 0 Å². The molecule has 0 unspecified atom stereocenters. The smallest absolute Gasteiger partial charge is 0.326 e. The fourth-order valence-electron chi connectivity index (χ4n) is 1.63. The van der Waals surface area contributed by atoms with E-state index in [2.05, 4.69) is 5.32 Å². The molecule has 1 atom stereocenters. The van der Waals surface area contributed by atoms with Gasteiger partial charge in [-0.2, -0.15) is 0 Å². The van der Waals surface area contributed by atoms with Crippen LogP contribution in [0.2, 0.25) is 5.02 Å². The van der Waals surface area contributed by atoms with E-state index < -0.39 is 40.1 Å². The van der Waals surface area contributed by atoms with Crippen molar-refractivity contribution < 1.29 is 23.5 Å². The summed E-state index contributed by atoms with van der Waals surface area (Å²) in [7, 11) is 0. The number of carbonyl (C=O) groups is 2. The molecule has 20 heavy (non-hydrogen) atoms. The molecule has 0 heterocycles. The average Bonchev–Trinajstić information content (AvgIpc) is 2.32. The van der Waals surface area contributed by atoms with E-state index in [0.29, 0.717) is 12.1 Å². The number of carbonyl (C=O) groups excluding carboxylic acids is 1. The zero-order valence-electron chi connectivity index (χ0n) is 10.9. The summed E-state index contributed by atoms with van der Waals surface area (Å²) >= 11 is 5.37. The molecule has 110 valence electrons. The summed E-state index contributed by atoms with van der Waals surface area (Å²) < 4.78 is 26.8. The van der Waals surface area contributed by atoms with Gasteiger partial charge >= 0.3 is 5.97 Å². The zero-order valence-corrected chi connectivity index (χ0v) is 11.7. The standard InChI is InChI=1S/C13H14ClF2NO3/c1-6(2)3-11(13(19)20)17-12(18)7-4-10(16)8(14)5-9(7)15/h4-6,11H,3H2,1-2H3,(H,17,18)(H,19,20)/t11-/m1/s1. The van der Waals surface area contributed by atoms with Gasteiger partial charge in [0.25, 0.3) is 5.91 Å². The summed E-state index contributed by atoms with van der Waals surface area (Å²) in [5.41, 5.74) is -0.582. The highest BCUT2D eigenvalue weighted by molar-refractivity contribution is 6.30. The first-order chi connectivity index (χ1) is 9.22. The lowest BCUT2D eigenvalue weighted by Crippen LogP contribution is -2.42. The fraction of sp³-hybridized carbons (Fsp3) is 0.385. The van der Waals surface area contributed by atoms with Gasteiger partial charge in [-0.25, -0.2) is 13.6 Å². The molecule has 0 aliphatic heterocycles. The van der Waals surface area contributed by atoms with E-state index in [4.69, 9.17) is 16.7 Å². The maximum atomic E-state index is 13.5. The highest BCUT2D eigenvalue weighted by Gasteiger charge is 2.24. The van der Waals surface area contributed by atoms with Crippen LogP contribution in [0.4, 0.5) is 8.78 Å². The van der Waals surface area contributed by atoms with Crippen molar-refractivity contribution in [3.63, 3.8) is 0 Å². The summed E-state index contributed by atoms with van der Waals surface area (Å²) in [4.78, 5) is 22.8. The second-order valence-electron chi connectivity index (χ2n) is 4.74. The molecular formula is C13H14ClF2NO3. The number of rotatable bonds is 5. The van der Waals surface area contributed by atoms with Crippen LogP contribution in [0, 0.1) is 17.6 Å². The minimum Gasteiger partial charge on any atom is -0.480 e. The molecule has 0 bridgehead atoms. The molecule has 1 amide bonds. The molecule has 0 aromatic heterocycles. The number of hydrogen-bond donors (Lipinski definition) is 2. The number of carboxylic acids is 1. The van der Waals surface area contributed by atoms with Gasteiger partial charge in [-0.05, 0) is 24.5 Å². The third-order valence-electron chi connectivity index (χ3n) is 2.57. The molecule has 0 spiro atoms. The molecule has 0 radical (unpaired) electrons. The van der Waals surface area contributed by atoms with Crippen molar-refractivity contribution >= 4 is 23.5 Å². The lowest BCUT2D eigenvalue weighted by atomic mass is 10.0. The topological polar surface area (TPSA) is 66.4 Å². The summed E-state index contributed by atoms with van der Waals surface area (Å²) in [5, 5.41) is 10.7. The van der Waals surface area contributed by atoms with Crippen molar-refractivity contribution in [1.82, 2.24) is 5.32 Å². The number of halogens is 3. The van der Waals surface area contributed by atoms with Gasteiger partial charge in [0, 0.05) is 0 Å². The van der Waals surface area contributed by atoms with E-state index in [1.54, 1.807) is 13.8 Å². The predicted octanol–water partition coefficient (Wildman–Crippen LogP) is 2.85. The second-order valence-corrected chi connectivity index (χ2v) is 5.15. The molecule has 7 heteroatoms. The SMILES string of the molecule is CC(C)C[C@@H](NC(=O)c1cc(F)c(Cl)cc1F)C(=O)O. The Bertz CT molecular complexity index is 535. The summed E-state index contributed by atoms with van der Waals surface area (Å²) in [6.07, 6.45) is 0.179. The number of hydrogen-bond acceptors (Lipinski definition) is 2. The van der Waals surface area contributed by atoms with Crippen LogP contribution < -0.4 is 5.32 Å². The summed E-state index contributed by atoms with van der Waals surface area (Å²) in [6.45, 7) is 3.56. The highest BCUT2D eigenvalue weighted by atomic mass is 35.5. The lowest BCUT2D eigenvalue weighted by molar-refractivity contribution is -0.139. The molecule has 0 aliphatic carbocycles. The van der Waals surface area contributed by atoms with Gasteiger partial charge in [0.2, 0.25) is 0 Å². The Morgan fingerprint density at radius 3 is 2.40 bits per heavy atom. The van der Waals surface area contributed by atoms with Gasteiger partial charge in [-0.15, -0.1) is 0 Å². The Hall–Kier alpha value is -1.69. The van der Waals surface area contributed by atoms with Gasteiger partial charge in [0.05, 0.1) is 10.6 Å². The van der Waals surface area contributed by atoms with Gasteiger partial charge in [-0.1, -0.05) is 25.4 Å². The molecule has 0 saturated heterocycles. The number of amides is 1. The first-order valence-electron chi connectivity index (χ1n) is 5.90. The lowest BCUT2D eigenvalue weighted by Gasteiger charge is -2.16. The van der Waals surface area contributed by atoms with Crippen molar-refractivity contribution in [3.8, 4) is 0 Å². The summed E-state index contributed by atoms with van der Waals surface area (Å²) in [5.74, 6) is -4.17.